The van der Waals surface area contributed by atoms with Crippen LogP contribution in [0.15, 0.2) is 64.9 Å². The lowest BCUT2D eigenvalue weighted by molar-refractivity contribution is -0.114. The summed E-state index contributed by atoms with van der Waals surface area (Å²) in [6.07, 6.45) is 0. The van der Waals surface area contributed by atoms with Crippen LogP contribution in [-0.4, -0.2) is 22.6 Å². The lowest BCUT2D eigenvalue weighted by atomic mass is 10.2. The highest BCUT2D eigenvalue weighted by atomic mass is 32.2. The molecule has 1 heterocycles. The summed E-state index contributed by atoms with van der Waals surface area (Å²) in [5.74, 6) is 0.0285. The fourth-order valence-corrected chi connectivity index (χ4v) is 3.73. The Morgan fingerprint density at radius 3 is 2.65 bits per heavy atom. The smallest absolute Gasteiger partial charge is 0.236 e. The molecule has 0 radical (unpaired) electrons. The second-order valence-corrected chi connectivity index (χ2v) is 7.36. The van der Waals surface area contributed by atoms with Crippen LogP contribution >= 0.6 is 23.1 Å². The number of amides is 2. The van der Waals surface area contributed by atoms with Crippen LogP contribution in [0, 0.1) is 0 Å². The van der Waals surface area contributed by atoms with Crippen molar-refractivity contribution in [2.24, 2.45) is 0 Å². The van der Waals surface area contributed by atoms with Crippen molar-refractivity contribution in [1.29, 1.82) is 0 Å². The molecule has 0 aliphatic heterocycles. The van der Waals surface area contributed by atoms with Gasteiger partial charge >= 0.3 is 0 Å². The van der Waals surface area contributed by atoms with Crippen molar-refractivity contribution in [2.75, 3.05) is 16.4 Å². The van der Waals surface area contributed by atoms with E-state index in [-0.39, 0.29) is 17.6 Å². The molecule has 3 aromatic rings. The van der Waals surface area contributed by atoms with Crippen molar-refractivity contribution < 1.29 is 9.59 Å². The van der Waals surface area contributed by atoms with Gasteiger partial charge < -0.3 is 10.6 Å². The summed E-state index contributed by atoms with van der Waals surface area (Å²) in [5.41, 5.74) is 2.59. The number of aromatic nitrogens is 1. The summed E-state index contributed by atoms with van der Waals surface area (Å²) < 4.78 is 0. The zero-order valence-corrected chi connectivity index (χ0v) is 15.7. The first-order chi connectivity index (χ1) is 12.6. The van der Waals surface area contributed by atoms with E-state index >= 15 is 0 Å². The molecule has 2 aromatic carbocycles. The third-order valence-electron chi connectivity index (χ3n) is 3.34. The third-order valence-corrected chi connectivity index (χ3v) is 5.10. The van der Waals surface area contributed by atoms with Gasteiger partial charge in [-0.3, -0.25) is 9.59 Å². The molecule has 0 spiro atoms. The highest BCUT2D eigenvalue weighted by molar-refractivity contribution is 8.00. The van der Waals surface area contributed by atoms with Crippen molar-refractivity contribution in [2.45, 2.75) is 11.8 Å². The normalized spacial score (nSPS) is 10.3. The van der Waals surface area contributed by atoms with Crippen molar-refractivity contribution in [3.05, 3.63) is 60.0 Å². The number of anilines is 2. The molecule has 2 N–H and O–H groups in total. The van der Waals surface area contributed by atoms with Crippen molar-refractivity contribution in [3.63, 3.8) is 0 Å². The maximum absolute atomic E-state index is 12.2. The molecule has 0 saturated carbocycles. The molecule has 0 unspecified atom stereocenters. The van der Waals surface area contributed by atoms with Crippen LogP contribution in [0.25, 0.3) is 11.3 Å². The Morgan fingerprint density at radius 2 is 1.88 bits per heavy atom. The molecule has 0 fully saturated rings. The largest absolute Gasteiger partial charge is 0.326 e. The maximum Gasteiger partial charge on any atom is 0.236 e. The van der Waals surface area contributed by atoms with E-state index < -0.39 is 0 Å². The summed E-state index contributed by atoms with van der Waals surface area (Å²) >= 11 is 2.81. The molecule has 132 valence electrons. The van der Waals surface area contributed by atoms with Gasteiger partial charge in [0.05, 0.1) is 11.4 Å². The maximum atomic E-state index is 12.2. The van der Waals surface area contributed by atoms with Gasteiger partial charge in [-0.2, -0.15) is 0 Å². The van der Waals surface area contributed by atoms with E-state index in [4.69, 9.17) is 0 Å². The topological polar surface area (TPSA) is 71.1 Å². The number of thiazole rings is 1. The van der Waals surface area contributed by atoms with Gasteiger partial charge in [0, 0.05) is 28.5 Å². The number of thioether (sulfide) groups is 1. The van der Waals surface area contributed by atoms with E-state index in [1.54, 1.807) is 0 Å². The Balaban J connectivity index is 1.55. The Morgan fingerprint density at radius 1 is 1.08 bits per heavy atom. The van der Waals surface area contributed by atoms with Crippen LogP contribution in [-0.2, 0) is 9.59 Å². The first-order valence-corrected chi connectivity index (χ1v) is 9.78. The molecule has 0 bridgehead atoms. The lowest BCUT2D eigenvalue weighted by Crippen LogP contribution is -2.13. The summed E-state index contributed by atoms with van der Waals surface area (Å²) in [6, 6.07) is 17.2. The molecule has 0 aliphatic rings. The van der Waals surface area contributed by atoms with E-state index in [0.717, 1.165) is 21.8 Å². The highest BCUT2D eigenvalue weighted by Crippen LogP contribution is 2.25. The molecule has 0 aliphatic carbocycles. The van der Waals surface area contributed by atoms with Gasteiger partial charge in [-0.1, -0.05) is 36.4 Å². The average Bonchev–Trinajstić information content (AvgIpc) is 3.09. The minimum atomic E-state index is -0.122. The first kappa shape index (κ1) is 18.2. The van der Waals surface area contributed by atoms with E-state index in [9.17, 15) is 9.59 Å². The van der Waals surface area contributed by atoms with Crippen LogP contribution < -0.4 is 10.6 Å². The second-order valence-electron chi connectivity index (χ2n) is 5.45. The number of hydrogen-bond acceptors (Lipinski definition) is 5. The predicted octanol–water partition coefficient (Wildman–Crippen LogP) is 4.50. The molecule has 5 nitrogen and oxygen atoms in total. The summed E-state index contributed by atoms with van der Waals surface area (Å²) in [5, 5.41) is 8.07. The molecule has 2 amide bonds. The standard InChI is InChI=1S/C19H17N3O2S2/c1-13(23)20-15-8-5-9-16(10-15)25-12-18(24)22-19-21-17(11-26-19)14-6-3-2-4-7-14/h2-11H,12H2,1H3,(H,20,23)(H,21,22,24). The van der Waals surface area contributed by atoms with Gasteiger partial charge in [0.1, 0.15) is 0 Å². The summed E-state index contributed by atoms with van der Waals surface area (Å²) in [7, 11) is 0. The third kappa shape index (κ3) is 5.18. The van der Waals surface area contributed by atoms with Gasteiger partial charge in [-0.05, 0) is 18.2 Å². The highest BCUT2D eigenvalue weighted by Gasteiger charge is 2.09. The van der Waals surface area contributed by atoms with E-state index in [0.29, 0.717) is 5.13 Å². The number of benzene rings is 2. The van der Waals surface area contributed by atoms with Crippen molar-refractivity contribution >= 4 is 45.7 Å². The van der Waals surface area contributed by atoms with Gasteiger partial charge in [0.25, 0.3) is 0 Å². The molecule has 0 saturated heterocycles. The van der Waals surface area contributed by atoms with Gasteiger partial charge in [-0.15, -0.1) is 23.1 Å². The summed E-state index contributed by atoms with van der Waals surface area (Å²) in [4.78, 5) is 28.6. The van der Waals surface area contributed by atoms with Gasteiger partial charge in [-0.25, -0.2) is 4.98 Å². The fraction of sp³-hybridized carbons (Fsp3) is 0.105. The number of carbonyl (C=O) groups excluding carboxylic acids is 2. The number of nitrogens with one attached hydrogen (secondary N) is 2. The van der Waals surface area contributed by atoms with Crippen molar-refractivity contribution in [3.8, 4) is 11.3 Å². The molecule has 1 aromatic heterocycles. The number of nitrogens with zero attached hydrogens (tertiary/aromatic N) is 1. The molecular formula is C19H17N3O2S2. The van der Waals surface area contributed by atoms with Gasteiger partial charge in [0.2, 0.25) is 11.8 Å². The minimum Gasteiger partial charge on any atom is -0.326 e. The number of hydrogen-bond donors (Lipinski definition) is 2. The SMILES string of the molecule is CC(=O)Nc1cccc(SCC(=O)Nc2nc(-c3ccccc3)cs2)c1. The molecule has 26 heavy (non-hydrogen) atoms. The zero-order chi connectivity index (χ0) is 18.4. The number of carbonyl (C=O) groups is 2. The minimum absolute atomic E-state index is 0.117. The van der Waals surface area contributed by atoms with Crippen LogP contribution in [0.1, 0.15) is 6.92 Å². The van der Waals surface area contributed by atoms with E-state index in [1.165, 1.54) is 30.0 Å². The quantitative estimate of drug-likeness (QED) is 0.615. The number of rotatable bonds is 6. The van der Waals surface area contributed by atoms with Crippen LogP contribution in [0.3, 0.4) is 0 Å². The Bertz CT molecular complexity index is 910. The lowest BCUT2D eigenvalue weighted by Gasteiger charge is -2.05. The zero-order valence-electron chi connectivity index (χ0n) is 14.1. The molecule has 3 rings (SSSR count). The molecule has 7 heteroatoms. The van der Waals surface area contributed by atoms with Crippen molar-refractivity contribution in [1.82, 2.24) is 4.98 Å². The average molecular weight is 383 g/mol. The summed E-state index contributed by atoms with van der Waals surface area (Å²) in [6.45, 7) is 1.46. The Hall–Kier alpha value is -2.64. The van der Waals surface area contributed by atoms with E-state index in [1.807, 2.05) is 60.0 Å². The van der Waals surface area contributed by atoms with Crippen LogP contribution in [0.2, 0.25) is 0 Å². The molecule has 0 atom stereocenters. The first-order valence-electron chi connectivity index (χ1n) is 7.91. The second kappa shape index (κ2) is 8.64. The predicted molar refractivity (Wildman–Crippen MR) is 108 cm³/mol. The fourth-order valence-electron chi connectivity index (χ4n) is 2.24. The van der Waals surface area contributed by atoms with E-state index in [2.05, 4.69) is 15.6 Å². The Kier molecular flexibility index (Phi) is 6.04. The van der Waals surface area contributed by atoms with Gasteiger partial charge in [0.15, 0.2) is 5.13 Å². The molecular weight excluding hydrogens is 366 g/mol. The van der Waals surface area contributed by atoms with Crippen LogP contribution in [0.5, 0.6) is 0 Å². The Labute approximate surface area is 159 Å². The van der Waals surface area contributed by atoms with Crippen LogP contribution in [0.4, 0.5) is 10.8 Å². The monoisotopic (exact) mass is 383 g/mol.